The third kappa shape index (κ3) is 2.32. The van der Waals surface area contributed by atoms with Crippen LogP contribution < -0.4 is 5.43 Å². The van der Waals surface area contributed by atoms with E-state index in [9.17, 15) is 4.79 Å². The lowest BCUT2D eigenvalue weighted by atomic mass is 10.0. The van der Waals surface area contributed by atoms with Gasteiger partial charge in [-0.2, -0.15) is 0 Å². The molecule has 0 aromatic heterocycles. The summed E-state index contributed by atoms with van der Waals surface area (Å²) in [4.78, 5) is 12.6. The fourth-order valence-electron chi connectivity index (χ4n) is 3.56. The minimum Gasteiger partial charge on any atom is -0.285 e. The first-order chi connectivity index (χ1) is 10.8. The molecule has 0 atom stereocenters. The predicted octanol–water partition coefficient (Wildman–Crippen LogP) is 3.25. The molecule has 0 unspecified atom stereocenters. The quantitative estimate of drug-likeness (QED) is 0.921. The van der Waals surface area contributed by atoms with Crippen LogP contribution in [0.3, 0.4) is 0 Å². The summed E-state index contributed by atoms with van der Waals surface area (Å²) in [5.74, 6) is 0.0338. The van der Waals surface area contributed by atoms with Crippen LogP contribution in [0.1, 0.15) is 30.4 Å². The molecular weight excluding hydrogens is 272 g/mol. The zero-order chi connectivity index (χ0) is 14.9. The number of carbonyl (C=O) groups is 1. The maximum atomic E-state index is 12.6. The fraction of sp³-hybridized carbons (Fsp3) is 0.316. The molecule has 0 bridgehead atoms. The van der Waals surface area contributed by atoms with Gasteiger partial charge in [0.05, 0.1) is 0 Å². The number of nitrogens with zero attached hydrogens (tertiary/aromatic N) is 1. The molecule has 3 heteroatoms. The van der Waals surface area contributed by atoms with Crippen molar-refractivity contribution in [2.75, 3.05) is 13.1 Å². The normalized spacial score (nSPS) is 18.1. The van der Waals surface area contributed by atoms with Crippen molar-refractivity contribution in [3.63, 3.8) is 0 Å². The molecule has 0 radical (unpaired) electrons. The summed E-state index contributed by atoms with van der Waals surface area (Å²) in [5.41, 5.74) is 8.75. The van der Waals surface area contributed by atoms with E-state index in [1.54, 1.807) is 0 Å². The van der Waals surface area contributed by atoms with Crippen LogP contribution in [0.2, 0.25) is 0 Å². The second-order valence-corrected chi connectivity index (χ2v) is 6.12. The number of rotatable bonds is 2. The monoisotopic (exact) mass is 292 g/mol. The molecule has 4 aliphatic rings. The highest BCUT2D eigenvalue weighted by Gasteiger charge is 2.24. The minimum atomic E-state index is 0.0338. The first kappa shape index (κ1) is 13.5. The van der Waals surface area contributed by atoms with Crippen molar-refractivity contribution in [3.8, 4) is 11.1 Å². The van der Waals surface area contributed by atoms with Crippen LogP contribution in [0.25, 0.3) is 16.7 Å². The zero-order valence-electron chi connectivity index (χ0n) is 12.6. The summed E-state index contributed by atoms with van der Waals surface area (Å²) in [5, 5.41) is 2.06. The number of amides is 1. The van der Waals surface area contributed by atoms with Gasteiger partial charge in [-0.05, 0) is 41.5 Å². The third-order valence-corrected chi connectivity index (χ3v) is 4.70. The fourth-order valence-corrected chi connectivity index (χ4v) is 3.56. The van der Waals surface area contributed by atoms with Gasteiger partial charge in [-0.25, -0.2) is 5.01 Å². The molecule has 1 heterocycles. The van der Waals surface area contributed by atoms with E-state index in [4.69, 9.17) is 0 Å². The van der Waals surface area contributed by atoms with E-state index in [-0.39, 0.29) is 5.91 Å². The standard InChI is InChI=1S/C19H20N2O/c22-19(20-21-12-2-1-3-13-21)18-11-10-17-15-8-4-6-14(15)7-5-9-16(17)18/h4-9,11H,1-3,10,12-13H2,(H,20,22). The lowest BCUT2D eigenvalue weighted by Gasteiger charge is -2.27. The summed E-state index contributed by atoms with van der Waals surface area (Å²) < 4.78 is 0. The van der Waals surface area contributed by atoms with Crippen molar-refractivity contribution < 1.29 is 4.79 Å². The predicted molar refractivity (Wildman–Crippen MR) is 88.3 cm³/mol. The number of carbonyl (C=O) groups excluding carboxylic acids is 1. The van der Waals surface area contributed by atoms with E-state index in [1.807, 2.05) is 0 Å². The summed E-state index contributed by atoms with van der Waals surface area (Å²) in [7, 11) is 0. The number of hydrogen-bond donors (Lipinski definition) is 1. The van der Waals surface area contributed by atoms with E-state index in [0.717, 1.165) is 30.6 Å². The average molecular weight is 292 g/mol. The first-order valence-electron chi connectivity index (χ1n) is 8.10. The van der Waals surface area contributed by atoms with Crippen molar-refractivity contribution in [1.29, 1.82) is 0 Å². The van der Waals surface area contributed by atoms with Gasteiger partial charge in [0.15, 0.2) is 0 Å². The number of hydrogen-bond acceptors (Lipinski definition) is 2. The summed E-state index contributed by atoms with van der Waals surface area (Å²) in [6, 6.07) is 12.6. The Kier molecular flexibility index (Phi) is 3.43. The molecule has 0 aromatic rings. The van der Waals surface area contributed by atoms with Crippen LogP contribution in [-0.2, 0) is 11.2 Å². The molecule has 0 saturated carbocycles. The first-order valence-corrected chi connectivity index (χ1v) is 8.10. The Balaban J connectivity index is 1.61. The van der Waals surface area contributed by atoms with Crippen molar-refractivity contribution >= 4 is 11.5 Å². The van der Waals surface area contributed by atoms with Crippen LogP contribution in [0, 0.1) is 0 Å². The molecule has 112 valence electrons. The Labute approximate surface area is 130 Å². The van der Waals surface area contributed by atoms with E-state index < -0.39 is 0 Å². The minimum absolute atomic E-state index is 0.0338. The lowest BCUT2D eigenvalue weighted by Crippen LogP contribution is -2.45. The molecule has 3 nitrogen and oxygen atoms in total. The van der Waals surface area contributed by atoms with Crippen LogP contribution in [0.15, 0.2) is 42.5 Å². The van der Waals surface area contributed by atoms with Crippen molar-refractivity contribution in [3.05, 3.63) is 53.6 Å². The number of allylic oxidation sites excluding steroid dienone is 1. The molecule has 22 heavy (non-hydrogen) atoms. The smallest absolute Gasteiger partial charge is 0.265 e. The third-order valence-electron chi connectivity index (χ3n) is 4.70. The van der Waals surface area contributed by atoms with Crippen molar-refractivity contribution in [2.24, 2.45) is 0 Å². The number of hydrazine groups is 1. The molecular formula is C19H20N2O. The van der Waals surface area contributed by atoms with Gasteiger partial charge in [-0.3, -0.25) is 10.2 Å². The molecule has 1 amide bonds. The van der Waals surface area contributed by atoms with Gasteiger partial charge in [0.25, 0.3) is 5.91 Å². The van der Waals surface area contributed by atoms with Gasteiger partial charge in [0, 0.05) is 18.7 Å². The highest BCUT2D eigenvalue weighted by Crippen LogP contribution is 2.36. The highest BCUT2D eigenvalue weighted by molar-refractivity contribution is 6.21. The SMILES string of the molecule is O=C(NN1CCCCC1)C1=CCc2c1cccc1cccc2-1. The van der Waals surface area contributed by atoms with Crippen LogP contribution >= 0.6 is 0 Å². The second-order valence-electron chi connectivity index (χ2n) is 6.12. The topological polar surface area (TPSA) is 32.3 Å². The molecule has 0 spiro atoms. The maximum Gasteiger partial charge on any atom is 0.265 e. The van der Waals surface area contributed by atoms with E-state index >= 15 is 0 Å². The second kappa shape index (κ2) is 5.58. The Morgan fingerprint density at radius 2 is 1.68 bits per heavy atom. The number of fused-ring (bicyclic) bond motifs is 3. The van der Waals surface area contributed by atoms with Gasteiger partial charge >= 0.3 is 0 Å². The molecule has 3 aliphatic carbocycles. The Morgan fingerprint density at radius 1 is 0.955 bits per heavy atom. The molecule has 0 aromatic carbocycles. The van der Waals surface area contributed by atoms with Crippen molar-refractivity contribution in [1.82, 2.24) is 10.4 Å². The molecule has 1 fully saturated rings. The van der Waals surface area contributed by atoms with Crippen molar-refractivity contribution in [2.45, 2.75) is 25.7 Å². The van der Waals surface area contributed by atoms with E-state index in [0.29, 0.717) is 0 Å². The van der Waals surface area contributed by atoms with Gasteiger partial charge < -0.3 is 0 Å². The zero-order valence-corrected chi connectivity index (χ0v) is 12.6. The Hall–Kier alpha value is -2.13. The lowest BCUT2D eigenvalue weighted by molar-refractivity contribution is -0.120. The van der Waals surface area contributed by atoms with Crippen LogP contribution in [0.4, 0.5) is 0 Å². The van der Waals surface area contributed by atoms with Gasteiger partial charge in [0.2, 0.25) is 0 Å². The average Bonchev–Trinajstić information content (AvgIpc) is 3.12. The van der Waals surface area contributed by atoms with E-state index in [1.165, 1.54) is 36.0 Å². The van der Waals surface area contributed by atoms with Gasteiger partial charge in [-0.15, -0.1) is 0 Å². The largest absolute Gasteiger partial charge is 0.285 e. The van der Waals surface area contributed by atoms with Crippen LogP contribution in [0.5, 0.6) is 0 Å². The number of nitrogens with one attached hydrogen (secondary N) is 1. The number of piperidine rings is 1. The van der Waals surface area contributed by atoms with E-state index in [2.05, 4.69) is 52.9 Å². The Bertz CT molecular complexity index is 713. The Morgan fingerprint density at radius 3 is 2.45 bits per heavy atom. The maximum absolute atomic E-state index is 12.6. The summed E-state index contributed by atoms with van der Waals surface area (Å²) in [6.45, 7) is 1.92. The molecule has 1 aliphatic heterocycles. The molecule has 4 rings (SSSR count). The molecule has 1 saturated heterocycles. The molecule has 1 N–H and O–H groups in total. The van der Waals surface area contributed by atoms with Gasteiger partial charge in [0.1, 0.15) is 0 Å². The highest BCUT2D eigenvalue weighted by atomic mass is 16.2. The summed E-state index contributed by atoms with van der Waals surface area (Å²) >= 11 is 0. The summed E-state index contributed by atoms with van der Waals surface area (Å²) in [6.07, 6.45) is 6.50. The van der Waals surface area contributed by atoms with Crippen LogP contribution in [-0.4, -0.2) is 24.0 Å². The van der Waals surface area contributed by atoms with Gasteiger partial charge in [-0.1, -0.05) is 48.9 Å².